The Hall–Kier alpha value is -1.02. The Morgan fingerprint density at radius 2 is 1.88 bits per heavy atom. The lowest BCUT2D eigenvalue weighted by Gasteiger charge is -2.11. The van der Waals surface area contributed by atoms with Crippen LogP contribution < -0.4 is 10.1 Å². The number of unbranched alkanes of at least 4 members (excludes halogenated alkanes) is 2. The molecule has 0 saturated carbocycles. The van der Waals surface area contributed by atoms with Crippen LogP contribution in [-0.4, -0.2) is 13.2 Å². The molecular formula is C15H25NO. The summed E-state index contributed by atoms with van der Waals surface area (Å²) >= 11 is 0. The highest BCUT2D eigenvalue weighted by Gasteiger charge is 2.01. The molecule has 0 aliphatic heterocycles. The first-order valence-corrected chi connectivity index (χ1v) is 6.80. The molecule has 0 aromatic heterocycles. The van der Waals surface area contributed by atoms with Gasteiger partial charge in [0.2, 0.25) is 0 Å². The van der Waals surface area contributed by atoms with Crippen molar-refractivity contribution in [1.82, 2.24) is 5.32 Å². The van der Waals surface area contributed by atoms with Gasteiger partial charge in [-0.05, 0) is 25.5 Å². The summed E-state index contributed by atoms with van der Waals surface area (Å²) in [6.07, 6.45) is 4.80. The number of benzene rings is 1. The van der Waals surface area contributed by atoms with Crippen molar-refractivity contribution >= 4 is 0 Å². The van der Waals surface area contributed by atoms with Gasteiger partial charge in [0.25, 0.3) is 0 Å². The van der Waals surface area contributed by atoms with Crippen molar-refractivity contribution in [3.8, 4) is 5.75 Å². The van der Waals surface area contributed by atoms with Crippen LogP contribution in [0.3, 0.4) is 0 Å². The number of hydrogen-bond acceptors (Lipinski definition) is 2. The van der Waals surface area contributed by atoms with E-state index in [1.165, 1.54) is 24.8 Å². The van der Waals surface area contributed by atoms with Gasteiger partial charge >= 0.3 is 0 Å². The van der Waals surface area contributed by atoms with E-state index in [1.54, 1.807) is 0 Å². The van der Waals surface area contributed by atoms with Crippen molar-refractivity contribution in [3.05, 3.63) is 29.8 Å². The maximum Gasteiger partial charge on any atom is 0.123 e. The van der Waals surface area contributed by atoms with Crippen molar-refractivity contribution in [2.75, 3.05) is 13.2 Å². The minimum Gasteiger partial charge on any atom is -0.493 e. The molecule has 17 heavy (non-hydrogen) atoms. The Morgan fingerprint density at radius 1 is 1.06 bits per heavy atom. The second kappa shape index (κ2) is 9.06. The van der Waals surface area contributed by atoms with Gasteiger partial charge in [-0.2, -0.15) is 0 Å². The molecule has 0 saturated heterocycles. The van der Waals surface area contributed by atoms with Crippen molar-refractivity contribution in [2.45, 2.75) is 46.1 Å². The summed E-state index contributed by atoms with van der Waals surface area (Å²) in [5.41, 5.74) is 1.26. The van der Waals surface area contributed by atoms with Crippen LogP contribution in [0, 0.1) is 0 Å². The van der Waals surface area contributed by atoms with E-state index >= 15 is 0 Å². The summed E-state index contributed by atoms with van der Waals surface area (Å²) in [7, 11) is 0. The lowest BCUT2D eigenvalue weighted by molar-refractivity contribution is 0.302. The van der Waals surface area contributed by atoms with Crippen LogP contribution in [0.4, 0.5) is 0 Å². The first-order chi connectivity index (χ1) is 8.38. The van der Waals surface area contributed by atoms with Gasteiger partial charge in [-0.25, -0.2) is 0 Å². The Kier molecular flexibility index (Phi) is 7.48. The molecule has 0 heterocycles. The van der Waals surface area contributed by atoms with E-state index in [0.29, 0.717) is 0 Å². The predicted molar refractivity (Wildman–Crippen MR) is 73.5 cm³/mol. The largest absolute Gasteiger partial charge is 0.493 e. The number of ether oxygens (including phenoxy) is 1. The molecular weight excluding hydrogens is 210 g/mol. The minimum atomic E-state index is 0.832. The van der Waals surface area contributed by atoms with Gasteiger partial charge in [0.1, 0.15) is 5.75 Å². The molecule has 2 heteroatoms. The van der Waals surface area contributed by atoms with Crippen LogP contribution in [0.2, 0.25) is 0 Å². The van der Waals surface area contributed by atoms with Crippen LogP contribution >= 0.6 is 0 Å². The summed E-state index contributed by atoms with van der Waals surface area (Å²) in [5, 5.41) is 3.41. The van der Waals surface area contributed by atoms with Crippen LogP contribution in [0.25, 0.3) is 0 Å². The molecule has 2 nitrogen and oxygen atoms in total. The van der Waals surface area contributed by atoms with E-state index in [2.05, 4.69) is 37.4 Å². The summed E-state index contributed by atoms with van der Waals surface area (Å²) in [4.78, 5) is 0. The third-order valence-electron chi connectivity index (χ3n) is 2.72. The van der Waals surface area contributed by atoms with E-state index < -0.39 is 0 Å². The van der Waals surface area contributed by atoms with Crippen LogP contribution in [0.5, 0.6) is 5.75 Å². The van der Waals surface area contributed by atoms with Gasteiger partial charge < -0.3 is 10.1 Å². The molecule has 96 valence electrons. The molecule has 1 aromatic rings. The maximum absolute atomic E-state index is 5.83. The third kappa shape index (κ3) is 5.73. The smallest absolute Gasteiger partial charge is 0.123 e. The molecule has 0 spiro atoms. The standard InChI is InChI=1S/C15H25NO/c1-3-5-8-12-17-15-10-7-6-9-14(15)13-16-11-4-2/h6-7,9-10,16H,3-5,8,11-13H2,1-2H3. The zero-order valence-electron chi connectivity index (χ0n) is 11.2. The van der Waals surface area contributed by atoms with Gasteiger partial charge in [0.05, 0.1) is 6.61 Å². The van der Waals surface area contributed by atoms with E-state index in [-0.39, 0.29) is 0 Å². The molecule has 0 amide bonds. The highest BCUT2D eigenvalue weighted by molar-refractivity contribution is 5.33. The Labute approximate surface area is 105 Å². The molecule has 0 aliphatic carbocycles. The van der Waals surface area contributed by atoms with Gasteiger partial charge in [-0.3, -0.25) is 0 Å². The monoisotopic (exact) mass is 235 g/mol. The molecule has 0 bridgehead atoms. The van der Waals surface area contributed by atoms with Crippen LogP contribution in [0.1, 0.15) is 45.1 Å². The average Bonchev–Trinajstić information content (AvgIpc) is 2.36. The summed E-state index contributed by atoms with van der Waals surface area (Å²) in [6.45, 7) is 7.18. The van der Waals surface area contributed by atoms with Gasteiger partial charge in [0.15, 0.2) is 0 Å². The van der Waals surface area contributed by atoms with Crippen molar-refractivity contribution < 1.29 is 4.74 Å². The predicted octanol–water partition coefficient (Wildman–Crippen LogP) is 3.76. The summed E-state index contributed by atoms with van der Waals surface area (Å²) < 4.78 is 5.83. The third-order valence-corrected chi connectivity index (χ3v) is 2.72. The van der Waals surface area contributed by atoms with Gasteiger partial charge in [-0.1, -0.05) is 44.9 Å². The maximum atomic E-state index is 5.83. The van der Waals surface area contributed by atoms with Crippen molar-refractivity contribution in [2.24, 2.45) is 0 Å². The van der Waals surface area contributed by atoms with Crippen LogP contribution in [-0.2, 0) is 6.54 Å². The lowest BCUT2D eigenvalue weighted by atomic mass is 10.2. The normalized spacial score (nSPS) is 10.5. The highest BCUT2D eigenvalue weighted by atomic mass is 16.5. The van der Waals surface area contributed by atoms with E-state index in [4.69, 9.17) is 4.74 Å². The zero-order chi connectivity index (χ0) is 12.3. The van der Waals surface area contributed by atoms with E-state index in [0.717, 1.165) is 31.9 Å². The molecule has 0 unspecified atom stereocenters. The first kappa shape index (κ1) is 14.0. The van der Waals surface area contributed by atoms with Crippen molar-refractivity contribution in [1.29, 1.82) is 0 Å². The number of nitrogens with one attached hydrogen (secondary N) is 1. The fourth-order valence-electron chi connectivity index (χ4n) is 1.72. The Balaban J connectivity index is 2.40. The highest BCUT2D eigenvalue weighted by Crippen LogP contribution is 2.18. The molecule has 1 aromatic carbocycles. The summed E-state index contributed by atoms with van der Waals surface area (Å²) in [5.74, 6) is 1.03. The van der Waals surface area contributed by atoms with E-state index in [1.807, 2.05) is 6.07 Å². The molecule has 1 N–H and O–H groups in total. The van der Waals surface area contributed by atoms with Crippen molar-refractivity contribution in [3.63, 3.8) is 0 Å². The second-order valence-electron chi connectivity index (χ2n) is 4.34. The summed E-state index contributed by atoms with van der Waals surface area (Å²) in [6, 6.07) is 8.31. The van der Waals surface area contributed by atoms with Gasteiger partial charge in [0, 0.05) is 12.1 Å². The SMILES string of the molecule is CCCCCOc1ccccc1CNCCC. The number of hydrogen-bond donors (Lipinski definition) is 1. The first-order valence-electron chi connectivity index (χ1n) is 6.80. The average molecular weight is 235 g/mol. The molecule has 1 rings (SSSR count). The fraction of sp³-hybridized carbons (Fsp3) is 0.600. The van der Waals surface area contributed by atoms with Gasteiger partial charge in [-0.15, -0.1) is 0 Å². The number of para-hydroxylation sites is 1. The fourth-order valence-corrected chi connectivity index (χ4v) is 1.72. The van der Waals surface area contributed by atoms with E-state index in [9.17, 15) is 0 Å². The molecule has 0 aliphatic rings. The number of rotatable bonds is 9. The molecule has 0 fully saturated rings. The topological polar surface area (TPSA) is 21.3 Å². The Bertz CT molecular complexity index is 299. The zero-order valence-corrected chi connectivity index (χ0v) is 11.2. The molecule has 0 radical (unpaired) electrons. The quantitative estimate of drug-likeness (QED) is 0.658. The minimum absolute atomic E-state index is 0.832. The Morgan fingerprint density at radius 3 is 2.65 bits per heavy atom. The van der Waals surface area contributed by atoms with Crippen LogP contribution in [0.15, 0.2) is 24.3 Å². The molecule has 0 atom stereocenters. The second-order valence-corrected chi connectivity index (χ2v) is 4.34. The lowest BCUT2D eigenvalue weighted by Crippen LogP contribution is -2.14.